The average molecular weight is 453 g/mol. The van der Waals surface area contributed by atoms with E-state index in [1.807, 2.05) is 19.1 Å². The van der Waals surface area contributed by atoms with E-state index in [9.17, 15) is 4.79 Å². The van der Waals surface area contributed by atoms with Crippen LogP contribution in [0.25, 0.3) is 0 Å². The molecule has 1 amide bonds. The third-order valence-electron chi connectivity index (χ3n) is 4.55. The van der Waals surface area contributed by atoms with Gasteiger partial charge in [-0.2, -0.15) is 0 Å². The number of aromatic nitrogens is 1. The number of carbonyl (C=O) groups excluding carboxylic acids is 1. The second-order valence-corrected chi connectivity index (χ2v) is 7.93. The van der Waals surface area contributed by atoms with Gasteiger partial charge in [-0.25, -0.2) is 4.98 Å². The summed E-state index contributed by atoms with van der Waals surface area (Å²) in [6.07, 6.45) is 4.11. The quantitative estimate of drug-likeness (QED) is 0.675. The molecule has 9 heteroatoms. The molecule has 2 aromatic rings. The molecule has 3 rings (SSSR count). The molecule has 1 aromatic heterocycles. The number of nitrogens with one attached hydrogen (secondary N) is 1. The highest BCUT2D eigenvalue weighted by Crippen LogP contribution is 2.30. The summed E-state index contributed by atoms with van der Waals surface area (Å²) in [6.45, 7) is 2.65. The van der Waals surface area contributed by atoms with Gasteiger partial charge in [-0.15, -0.1) is 36.2 Å². The van der Waals surface area contributed by atoms with E-state index in [0.717, 1.165) is 42.1 Å². The molecule has 0 bridgehead atoms. The Morgan fingerprint density at radius 1 is 1.30 bits per heavy atom. The van der Waals surface area contributed by atoms with E-state index >= 15 is 0 Å². The first-order chi connectivity index (χ1) is 12.0. The molecular formula is C18H24Cl3N3O2S. The smallest absolute Gasteiger partial charge is 0.263 e. The lowest BCUT2D eigenvalue weighted by Gasteiger charge is -2.28. The van der Waals surface area contributed by atoms with Crippen molar-refractivity contribution in [2.45, 2.75) is 44.8 Å². The van der Waals surface area contributed by atoms with E-state index in [-0.39, 0.29) is 36.3 Å². The monoisotopic (exact) mass is 451 g/mol. The van der Waals surface area contributed by atoms with Crippen LogP contribution in [0.1, 0.15) is 46.1 Å². The first-order valence-corrected chi connectivity index (χ1v) is 9.58. The molecule has 1 saturated carbocycles. The second kappa shape index (κ2) is 10.5. The number of thiazole rings is 1. The van der Waals surface area contributed by atoms with Gasteiger partial charge in [-0.3, -0.25) is 4.79 Å². The largest absolute Gasteiger partial charge is 0.486 e. The van der Waals surface area contributed by atoms with Gasteiger partial charge in [0, 0.05) is 11.6 Å². The number of ether oxygens (including phenoxy) is 1. The molecule has 1 aliphatic carbocycles. The number of hydrogen-bond donors (Lipinski definition) is 2. The van der Waals surface area contributed by atoms with Crippen molar-refractivity contribution in [2.75, 3.05) is 6.54 Å². The lowest BCUT2D eigenvalue weighted by molar-refractivity contribution is 0.0906. The predicted molar refractivity (Wildman–Crippen MR) is 115 cm³/mol. The van der Waals surface area contributed by atoms with Crippen molar-refractivity contribution in [3.8, 4) is 5.75 Å². The fourth-order valence-corrected chi connectivity index (χ4v) is 4.13. The highest BCUT2D eigenvalue weighted by molar-refractivity contribution is 7.13. The Morgan fingerprint density at radius 3 is 2.52 bits per heavy atom. The fraction of sp³-hybridized carbons (Fsp3) is 0.444. The van der Waals surface area contributed by atoms with Crippen LogP contribution in [-0.2, 0) is 6.61 Å². The van der Waals surface area contributed by atoms with Crippen LogP contribution < -0.4 is 15.8 Å². The van der Waals surface area contributed by atoms with Crippen LogP contribution in [0, 0.1) is 6.92 Å². The first-order valence-electron chi connectivity index (χ1n) is 8.39. The summed E-state index contributed by atoms with van der Waals surface area (Å²) in [4.78, 5) is 17.8. The van der Waals surface area contributed by atoms with Gasteiger partial charge < -0.3 is 15.8 Å². The molecule has 1 aliphatic rings. The maximum Gasteiger partial charge on any atom is 0.263 e. The highest BCUT2D eigenvalue weighted by Gasteiger charge is 2.34. The zero-order valence-corrected chi connectivity index (χ0v) is 18.2. The van der Waals surface area contributed by atoms with E-state index in [0.29, 0.717) is 23.1 Å². The van der Waals surface area contributed by atoms with Gasteiger partial charge in [0.15, 0.2) is 0 Å². The number of hydrogen-bond acceptors (Lipinski definition) is 5. The molecule has 150 valence electrons. The maximum atomic E-state index is 12.7. The van der Waals surface area contributed by atoms with Gasteiger partial charge in [-0.1, -0.05) is 24.4 Å². The number of nitrogens with zero attached hydrogens (tertiary/aromatic N) is 1. The zero-order valence-electron chi connectivity index (χ0n) is 15.0. The number of carbonyl (C=O) groups is 1. The maximum absolute atomic E-state index is 12.7. The molecule has 0 unspecified atom stereocenters. The molecule has 27 heavy (non-hydrogen) atoms. The minimum Gasteiger partial charge on any atom is -0.486 e. The topological polar surface area (TPSA) is 77.2 Å². The van der Waals surface area contributed by atoms with Crippen LogP contribution >= 0.6 is 47.8 Å². The van der Waals surface area contributed by atoms with Gasteiger partial charge in [0.25, 0.3) is 5.91 Å². The highest BCUT2D eigenvalue weighted by atomic mass is 35.5. The number of benzene rings is 1. The van der Waals surface area contributed by atoms with Gasteiger partial charge >= 0.3 is 0 Å². The lowest BCUT2D eigenvalue weighted by Crippen LogP contribution is -2.51. The number of rotatable bonds is 6. The van der Waals surface area contributed by atoms with E-state index in [1.54, 1.807) is 12.1 Å². The molecule has 1 heterocycles. The molecule has 1 fully saturated rings. The van der Waals surface area contributed by atoms with Crippen molar-refractivity contribution in [3.05, 3.63) is 44.9 Å². The Bertz CT molecular complexity index is 747. The molecule has 0 aliphatic heterocycles. The predicted octanol–water partition coefficient (Wildman–Crippen LogP) is 4.53. The Kier molecular flexibility index (Phi) is 9.31. The van der Waals surface area contributed by atoms with Crippen molar-refractivity contribution in [1.29, 1.82) is 0 Å². The lowest BCUT2D eigenvalue weighted by atomic mass is 9.98. The third-order valence-corrected chi connectivity index (χ3v) is 5.93. The number of aryl methyl sites for hydroxylation is 1. The van der Waals surface area contributed by atoms with Crippen LogP contribution in [0.2, 0.25) is 5.02 Å². The van der Waals surface area contributed by atoms with E-state index in [1.165, 1.54) is 11.3 Å². The molecule has 0 radical (unpaired) electrons. The van der Waals surface area contributed by atoms with E-state index in [4.69, 9.17) is 22.1 Å². The molecule has 0 saturated heterocycles. The van der Waals surface area contributed by atoms with Gasteiger partial charge in [0.05, 0.1) is 11.2 Å². The first kappa shape index (κ1) is 24.0. The molecule has 5 nitrogen and oxygen atoms in total. The zero-order chi connectivity index (χ0) is 17.9. The summed E-state index contributed by atoms with van der Waals surface area (Å²) in [6, 6.07) is 7.16. The second-order valence-electron chi connectivity index (χ2n) is 6.41. The SMILES string of the molecule is Cc1nc(COc2ccc(Cl)cc2)sc1C(=O)NC1(CN)CCCC1.Cl.Cl. The van der Waals surface area contributed by atoms with E-state index < -0.39 is 0 Å². The van der Waals surface area contributed by atoms with Gasteiger partial charge in [-0.05, 0) is 44.0 Å². The summed E-state index contributed by atoms with van der Waals surface area (Å²) in [7, 11) is 0. The van der Waals surface area contributed by atoms with Crippen LogP contribution in [0.5, 0.6) is 5.75 Å². The Balaban J connectivity index is 0.00000182. The summed E-state index contributed by atoms with van der Waals surface area (Å²) in [5.41, 5.74) is 6.37. The number of nitrogens with two attached hydrogens (primary N) is 1. The average Bonchev–Trinajstić information content (AvgIpc) is 3.21. The normalized spacial score (nSPS) is 14.8. The summed E-state index contributed by atoms with van der Waals surface area (Å²) < 4.78 is 5.71. The van der Waals surface area contributed by atoms with Crippen molar-refractivity contribution in [2.24, 2.45) is 5.73 Å². The summed E-state index contributed by atoms with van der Waals surface area (Å²) >= 11 is 7.23. The Morgan fingerprint density at radius 2 is 1.93 bits per heavy atom. The molecule has 3 N–H and O–H groups in total. The summed E-state index contributed by atoms with van der Waals surface area (Å²) in [5.74, 6) is 0.636. The van der Waals surface area contributed by atoms with Gasteiger partial charge in [0.1, 0.15) is 22.2 Å². The number of amides is 1. The van der Waals surface area contributed by atoms with Gasteiger partial charge in [0.2, 0.25) is 0 Å². The van der Waals surface area contributed by atoms with E-state index in [2.05, 4.69) is 10.3 Å². The molecule has 1 aromatic carbocycles. The minimum absolute atomic E-state index is 0. The summed E-state index contributed by atoms with van der Waals surface area (Å²) in [5, 5.41) is 4.58. The Labute approximate surface area is 180 Å². The fourth-order valence-electron chi connectivity index (χ4n) is 3.13. The minimum atomic E-state index is -0.256. The van der Waals surface area contributed by atoms with Crippen LogP contribution in [0.3, 0.4) is 0 Å². The van der Waals surface area contributed by atoms with Crippen molar-refractivity contribution < 1.29 is 9.53 Å². The van der Waals surface area contributed by atoms with Crippen LogP contribution in [0.15, 0.2) is 24.3 Å². The van der Waals surface area contributed by atoms with Crippen molar-refractivity contribution in [1.82, 2.24) is 10.3 Å². The van der Waals surface area contributed by atoms with Crippen molar-refractivity contribution >= 4 is 53.7 Å². The third kappa shape index (κ3) is 5.96. The molecule has 0 spiro atoms. The molecular weight excluding hydrogens is 429 g/mol. The van der Waals surface area contributed by atoms with Crippen LogP contribution in [0.4, 0.5) is 0 Å². The Hall–Kier alpha value is -1.05. The van der Waals surface area contributed by atoms with Crippen molar-refractivity contribution in [3.63, 3.8) is 0 Å². The molecule has 0 atom stereocenters. The van der Waals surface area contributed by atoms with Crippen LogP contribution in [-0.4, -0.2) is 23.0 Å². The standard InChI is InChI=1S/C18H22ClN3O2S.2ClH/c1-12-16(17(23)22-18(11-20)8-2-3-9-18)25-15(21-12)10-24-14-6-4-13(19)5-7-14;;/h4-7H,2-3,8-11,20H2,1H3,(H,22,23);2*1H. The number of halogens is 3.